The number of ketones is 1. The lowest BCUT2D eigenvalue weighted by Gasteiger charge is -2.22. The average molecular weight is 214 g/mol. The van der Waals surface area contributed by atoms with Crippen molar-refractivity contribution in [2.24, 2.45) is 5.92 Å². The molecule has 88 valence electrons. The maximum absolute atomic E-state index is 11.8. The van der Waals surface area contributed by atoms with Crippen LogP contribution in [0.15, 0.2) is 0 Å². The molecule has 2 N–H and O–H groups in total. The van der Waals surface area contributed by atoms with Gasteiger partial charge in [0.25, 0.3) is 0 Å². The van der Waals surface area contributed by atoms with Crippen LogP contribution in [0, 0.1) is 5.92 Å². The van der Waals surface area contributed by atoms with Crippen molar-refractivity contribution in [3.63, 3.8) is 0 Å². The largest absolute Gasteiger partial charge is 0.345 e. The first kappa shape index (κ1) is 14.1. The molecule has 0 bridgehead atoms. The van der Waals surface area contributed by atoms with Crippen molar-refractivity contribution in [3.8, 4) is 0 Å². The summed E-state index contributed by atoms with van der Waals surface area (Å²) in [6, 6.07) is -0.630. The Morgan fingerprint density at radius 3 is 2.07 bits per heavy atom. The van der Waals surface area contributed by atoms with Crippen molar-refractivity contribution < 1.29 is 9.59 Å². The second-order valence-corrected chi connectivity index (χ2v) is 4.12. The first-order valence-corrected chi connectivity index (χ1v) is 5.44. The molecule has 0 aromatic rings. The highest BCUT2D eigenvalue weighted by molar-refractivity contribution is 5.89. The minimum absolute atomic E-state index is 0.0256. The summed E-state index contributed by atoms with van der Waals surface area (Å²) in [6.45, 7) is 9.82. The van der Waals surface area contributed by atoms with E-state index in [4.69, 9.17) is 0 Å². The smallest absolute Gasteiger partial charge is 0.237 e. The van der Waals surface area contributed by atoms with Crippen LogP contribution in [0.3, 0.4) is 0 Å². The molecule has 0 aromatic carbocycles. The molecular formula is C11H22N2O2. The lowest BCUT2D eigenvalue weighted by molar-refractivity contribution is -0.128. The Morgan fingerprint density at radius 1 is 1.20 bits per heavy atom. The van der Waals surface area contributed by atoms with E-state index in [2.05, 4.69) is 10.6 Å². The Hall–Kier alpha value is -0.900. The van der Waals surface area contributed by atoms with E-state index in [9.17, 15) is 9.59 Å². The van der Waals surface area contributed by atoms with Crippen molar-refractivity contribution >= 4 is 11.7 Å². The van der Waals surface area contributed by atoms with Gasteiger partial charge < -0.3 is 10.6 Å². The van der Waals surface area contributed by atoms with Gasteiger partial charge in [0.1, 0.15) is 0 Å². The van der Waals surface area contributed by atoms with Gasteiger partial charge in [-0.05, 0) is 26.3 Å². The van der Waals surface area contributed by atoms with Gasteiger partial charge in [0, 0.05) is 0 Å². The summed E-state index contributed by atoms with van der Waals surface area (Å²) < 4.78 is 0. The van der Waals surface area contributed by atoms with Crippen LogP contribution in [-0.2, 0) is 9.59 Å². The third kappa shape index (κ3) is 4.93. The number of amides is 1. The van der Waals surface area contributed by atoms with Crippen LogP contribution in [0.25, 0.3) is 0 Å². The van der Waals surface area contributed by atoms with Gasteiger partial charge >= 0.3 is 0 Å². The summed E-state index contributed by atoms with van der Waals surface area (Å²) >= 11 is 0. The Bertz CT molecular complexity index is 227. The molecule has 0 heterocycles. The van der Waals surface area contributed by atoms with E-state index >= 15 is 0 Å². The van der Waals surface area contributed by atoms with E-state index in [1.54, 1.807) is 6.92 Å². The third-order valence-electron chi connectivity index (χ3n) is 2.34. The van der Waals surface area contributed by atoms with E-state index in [0.29, 0.717) is 0 Å². The highest BCUT2D eigenvalue weighted by Gasteiger charge is 2.22. The van der Waals surface area contributed by atoms with Crippen LogP contribution in [-0.4, -0.2) is 30.3 Å². The van der Waals surface area contributed by atoms with Gasteiger partial charge in [0.2, 0.25) is 5.91 Å². The lowest BCUT2D eigenvalue weighted by atomic mass is 10.0. The Labute approximate surface area is 91.8 Å². The fourth-order valence-corrected chi connectivity index (χ4v) is 1.26. The van der Waals surface area contributed by atoms with E-state index in [1.807, 2.05) is 20.8 Å². The van der Waals surface area contributed by atoms with Gasteiger partial charge in [-0.2, -0.15) is 0 Å². The monoisotopic (exact) mass is 214 g/mol. The third-order valence-corrected chi connectivity index (χ3v) is 2.34. The molecule has 0 fully saturated rings. The predicted octanol–water partition coefficient (Wildman–Crippen LogP) is 0.714. The molecule has 15 heavy (non-hydrogen) atoms. The molecule has 0 saturated carbocycles. The van der Waals surface area contributed by atoms with Gasteiger partial charge in [-0.1, -0.05) is 20.8 Å². The molecule has 0 aliphatic carbocycles. The molecule has 0 unspecified atom stereocenters. The number of nitrogens with one attached hydrogen (secondary N) is 2. The summed E-state index contributed by atoms with van der Waals surface area (Å²) in [5, 5.41) is 5.80. The fraction of sp³-hybridized carbons (Fsp3) is 0.818. The molecule has 0 rings (SSSR count). The van der Waals surface area contributed by atoms with Crippen LogP contribution < -0.4 is 10.6 Å². The van der Waals surface area contributed by atoms with Crippen molar-refractivity contribution in [1.29, 1.82) is 0 Å². The maximum atomic E-state index is 11.8. The number of rotatable bonds is 6. The highest BCUT2D eigenvalue weighted by Crippen LogP contribution is 2.02. The zero-order chi connectivity index (χ0) is 12.0. The van der Waals surface area contributed by atoms with E-state index in [-0.39, 0.29) is 23.7 Å². The van der Waals surface area contributed by atoms with E-state index in [1.165, 1.54) is 6.92 Å². The molecule has 2 atom stereocenters. The van der Waals surface area contributed by atoms with Crippen molar-refractivity contribution in [2.75, 3.05) is 6.54 Å². The van der Waals surface area contributed by atoms with Crippen LogP contribution in [0.5, 0.6) is 0 Å². The molecule has 0 saturated heterocycles. The first-order chi connectivity index (χ1) is 6.90. The quantitative estimate of drug-likeness (QED) is 0.685. The number of hydrogen-bond acceptors (Lipinski definition) is 3. The second kappa shape index (κ2) is 6.56. The Kier molecular flexibility index (Phi) is 6.17. The van der Waals surface area contributed by atoms with Crippen LogP contribution in [0.4, 0.5) is 0 Å². The van der Waals surface area contributed by atoms with Gasteiger partial charge in [0.15, 0.2) is 5.78 Å². The van der Waals surface area contributed by atoms with Crippen molar-refractivity contribution in [1.82, 2.24) is 10.6 Å². The molecule has 0 aliphatic rings. The van der Waals surface area contributed by atoms with E-state index < -0.39 is 6.04 Å². The number of Topliss-reactive ketones (excluding diaryl/α,β-unsaturated/α-hetero) is 1. The summed E-state index contributed by atoms with van der Waals surface area (Å²) in [7, 11) is 0. The van der Waals surface area contributed by atoms with E-state index in [0.717, 1.165) is 6.54 Å². The molecule has 4 nitrogen and oxygen atoms in total. The summed E-state index contributed by atoms with van der Waals surface area (Å²) in [5.74, 6) is 0.0843. The SMILES string of the molecule is CCN[C@H](C(=O)N[C@@H](C)C(C)=O)C(C)C. The minimum atomic E-state index is -0.405. The van der Waals surface area contributed by atoms with Gasteiger partial charge in [-0.25, -0.2) is 0 Å². The zero-order valence-electron chi connectivity index (χ0n) is 10.3. The Morgan fingerprint density at radius 2 is 1.73 bits per heavy atom. The number of hydrogen-bond donors (Lipinski definition) is 2. The zero-order valence-corrected chi connectivity index (χ0v) is 10.3. The Balaban J connectivity index is 4.32. The number of carbonyl (C=O) groups excluding carboxylic acids is 2. The molecule has 0 aliphatic heterocycles. The molecule has 0 aromatic heterocycles. The minimum Gasteiger partial charge on any atom is -0.345 e. The maximum Gasteiger partial charge on any atom is 0.237 e. The van der Waals surface area contributed by atoms with Crippen LogP contribution in [0.1, 0.15) is 34.6 Å². The highest BCUT2D eigenvalue weighted by atomic mass is 16.2. The van der Waals surface area contributed by atoms with Gasteiger partial charge in [-0.15, -0.1) is 0 Å². The molecular weight excluding hydrogens is 192 g/mol. The molecule has 1 amide bonds. The lowest BCUT2D eigenvalue weighted by Crippen LogP contribution is -2.51. The van der Waals surface area contributed by atoms with Crippen LogP contribution in [0.2, 0.25) is 0 Å². The first-order valence-electron chi connectivity index (χ1n) is 5.44. The normalized spacial score (nSPS) is 14.8. The molecule has 0 radical (unpaired) electrons. The van der Waals surface area contributed by atoms with Crippen molar-refractivity contribution in [2.45, 2.75) is 46.7 Å². The van der Waals surface area contributed by atoms with Gasteiger partial charge in [0.05, 0.1) is 12.1 Å². The molecule has 0 spiro atoms. The summed E-state index contributed by atoms with van der Waals surface area (Å²) in [4.78, 5) is 22.8. The topological polar surface area (TPSA) is 58.2 Å². The molecule has 4 heteroatoms. The van der Waals surface area contributed by atoms with Crippen LogP contribution >= 0.6 is 0 Å². The summed E-state index contributed by atoms with van der Waals surface area (Å²) in [6.07, 6.45) is 0. The predicted molar refractivity (Wildman–Crippen MR) is 60.6 cm³/mol. The van der Waals surface area contributed by atoms with Crippen molar-refractivity contribution in [3.05, 3.63) is 0 Å². The number of likely N-dealkylation sites (N-methyl/N-ethyl adjacent to an activating group) is 1. The second-order valence-electron chi connectivity index (χ2n) is 4.12. The fourth-order valence-electron chi connectivity index (χ4n) is 1.26. The van der Waals surface area contributed by atoms with Gasteiger partial charge in [-0.3, -0.25) is 9.59 Å². The average Bonchev–Trinajstić information content (AvgIpc) is 2.12. The number of carbonyl (C=O) groups is 2. The standard InChI is InChI=1S/C11H22N2O2/c1-6-12-10(7(2)3)11(15)13-8(4)9(5)14/h7-8,10,12H,6H2,1-5H3,(H,13,15)/t8-,10-/m0/s1. The summed E-state index contributed by atoms with van der Waals surface area (Å²) in [5.41, 5.74) is 0.